The Balaban J connectivity index is 1.36. The van der Waals surface area contributed by atoms with E-state index in [1.54, 1.807) is 42.3 Å². The summed E-state index contributed by atoms with van der Waals surface area (Å²) in [6.45, 7) is 0.903. The molecule has 30 heavy (non-hydrogen) atoms. The van der Waals surface area contributed by atoms with Gasteiger partial charge in [-0.2, -0.15) is 0 Å². The summed E-state index contributed by atoms with van der Waals surface area (Å²) < 4.78 is 6.68. The molecule has 1 saturated heterocycles. The monoisotopic (exact) mass is 406 g/mol. The van der Waals surface area contributed by atoms with Gasteiger partial charge in [-0.25, -0.2) is 4.98 Å². The summed E-state index contributed by atoms with van der Waals surface area (Å²) in [5, 5.41) is 3.38. The highest BCUT2D eigenvalue weighted by Crippen LogP contribution is 2.27. The molecule has 0 radical (unpaired) electrons. The third-order valence-electron chi connectivity index (χ3n) is 5.24. The Bertz CT molecular complexity index is 1160. The van der Waals surface area contributed by atoms with Crippen molar-refractivity contribution >= 4 is 28.4 Å². The Kier molecular flexibility index (Phi) is 5.47. The topological polar surface area (TPSA) is 93.5 Å². The molecule has 2 heterocycles. The van der Waals surface area contributed by atoms with E-state index in [9.17, 15) is 14.4 Å². The molecule has 1 aliphatic rings. The molecule has 2 amide bonds. The van der Waals surface area contributed by atoms with Gasteiger partial charge in [0.2, 0.25) is 11.8 Å². The summed E-state index contributed by atoms with van der Waals surface area (Å²) in [6, 6.07) is 14.4. The fourth-order valence-electron chi connectivity index (χ4n) is 3.62. The first-order chi connectivity index (χ1) is 14.6. The molecule has 0 saturated carbocycles. The first kappa shape index (κ1) is 19.6. The van der Waals surface area contributed by atoms with Crippen LogP contribution in [0.3, 0.4) is 0 Å². The van der Waals surface area contributed by atoms with Crippen molar-refractivity contribution in [3.63, 3.8) is 0 Å². The molecular weight excluding hydrogens is 384 g/mol. The number of hydrogen-bond donors (Lipinski definition) is 1. The second-order valence-corrected chi connectivity index (χ2v) is 7.16. The van der Waals surface area contributed by atoms with E-state index in [0.717, 1.165) is 0 Å². The van der Waals surface area contributed by atoms with Crippen molar-refractivity contribution in [1.29, 1.82) is 0 Å². The first-order valence-corrected chi connectivity index (χ1v) is 9.73. The van der Waals surface area contributed by atoms with Gasteiger partial charge in [-0.3, -0.25) is 19.0 Å². The number of hydrogen-bond acceptors (Lipinski definition) is 5. The molecule has 8 nitrogen and oxygen atoms in total. The fourth-order valence-corrected chi connectivity index (χ4v) is 3.62. The third kappa shape index (κ3) is 3.89. The minimum Gasteiger partial charge on any atom is -0.497 e. The van der Waals surface area contributed by atoms with Crippen molar-refractivity contribution in [3.05, 3.63) is 65.2 Å². The SMILES string of the molecule is COc1cccc(N2CC(C(=O)NCCn3cnc4ccccc4c3=O)CC2=O)c1. The number of rotatable bonds is 6. The highest BCUT2D eigenvalue weighted by atomic mass is 16.5. The number of carbonyl (C=O) groups is 2. The zero-order valence-electron chi connectivity index (χ0n) is 16.6. The van der Waals surface area contributed by atoms with Gasteiger partial charge >= 0.3 is 0 Å². The normalized spacial score (nSPS) is 16.1. The van der Waals surface area contributed by atoms with Crippen LogP contribution < -0.4 is 20.5 Å². The summed E-state index contributed by atoms with van der Waals surface area (Å²) in [7, 11) is 1.57. The number of nitrogens with zero attached hydrogens (tertiary/aromatic N) is 3. The third-order valence-corrected chi connectivity index (χ3v) is 5.24. The zero-order valence-corrected chi connectivity index (χ0v) is 16.6. The van der Waals surface area contributed by atoms with Crippen molar-refractivity contribution in [3.8, 4) is 5.75 Å². The van der Waals surface area contributed by atoms with Gasteiger partial charge in [0.1, 0.15) is 5.75 Å². The lowest BCUT2D eigenvalue weighted by Crippen LogP contribution is -2.36. The number of ether oxygens (including phenoxy) is 1. The molecule has 1 fully saturated rings. The van der Waals surface area contributed by atoms with Gasteiger partial charge in [0, 0.05) is 37.8 Å². The molecule has 0 bridgehead atoms. The average Bonchev–Trinajstić information content (AvgIpc) is 3.17. The maximum Gasteiger partial charge on any atom is 0.261 e. The molecule has 154 valence electrons. The molecule has 1 aromatic heterocycles. The maximum atomic E-state index is 12.6. The lowest BCUT2D eigenvalue weighted by atomic mass is 10.1. The number of anilines is 1. The molecule has 4 rings (SSSR count). The Hall–Kier alpha value is -3.68. The van der Waals surface area contributed by atoms with Crippen LogP contribution in [0, 0.1) is 5.92 Å². The van der Waals surface area contributed by atoms with Crippen LogP contribution in [0.1, 0.15) is 6.42 Å². The van der Waals surface area contributed by atoms with Crippen LogP contribution in [0.25, 0.3) is 10.9 Å². The first-order valence-electron chi connectivity index (χ1n) is 9.73. The highest BCUT2D eigenvalue weighted by Gasteiger charge is 2.35. The molecular formula is C22H22N4O4. The Morgan fingerprint density at radius 2 is 2.03 bits per heavy atom. The van der Waals surface area contributed by atoms with Crippen LogP contribution in [0.5, 0.6) is 5.75 Å². The summed E-state index contributed by atoms with van der Waals surface area (Å²) in [5.41, 5.74) is 1.21. The molecule has 3 aromatic rings. The Morgan fingerprint density at radius 1 is 1.20 bits per heavy atom. The number of fused-ring (bicyclic) bond motifs is 1. The predicted molar refractivity (Wildman–Crippen MR) is 112 cm³/mol. The van der Waals surface area contributed by atoms with Crippen molar-refractivity contribution in [2.45, 2.75) is 13.0 Å². The number of amides is 2. The Labute approximate surface area is 173 Å². The van der Waals surface area contributed by atoms with Gasteiger partial charge in [0.15, 0.2) is 0 Å². The largest absolute Gasteiger partial charge is 0.497 e. The van der Waals surface area contributed by atoms with E-state index in [0.29, 0.717) is 35.4 Å². The lowest BCUT2D eigenvalue weighted by molar-refractivity contribution is -0.126. The molecule has 1 unspecified atom stereocenters. The van der Waals surface area contributed by atoms with Crippen molar-refractivity contribution < 1.29 is 14.3 Å². The number of para-hydroxylation sites is 1. The van der Waals surface area contributed by atoms with E-state index < -0.39 is 5.92 Å². The maximum absolute atomic E-state index is 12.6. The standard InChI is InChI=1S/C22H22N4O4/c1-30-17-6-4-5-16(12-17)26-13-15(11-20(26)27)21(28)23-9-10-25-14-24-19-8-3-2-7-18(19)22(25)29/h2-8,12,14-15H,9-11,13H2,1H3,(H,23,28). The van der Waals surface area contributed by atoms with Crippen LogP contribution in [0.4, 0.5) is 5.69 Å². The van der Waals surface area contributed by atoms with Crippen LogP contribution in [-0.2, 0) is 16.1 Å². The molecule has 1 aliphatic heterocycles. The molecule has 2 aromatic carbocycles. The summed E-state index contributed by atoms with van der Waals surface area (Å²) in [6.07, 6.45) is 1.64. The predicted octanol–water partition coefficient (Wildman–Crippen LogP) is 1.57. The minimum absolute atomic E-state index is 0.0987. The summed E-state index contributed by atoms with van der Waals surface area (Å²) >= 11 is 0. The van der Waals surface area contributed by atoms with E-state index in [1.807, 2.05) is 18.2 Å². The lowest BCUT2D eigenvalue weighted by Gasteiger charge is -2.17. The second kappa shape index (κ2) is 8.36. The van der Waals surface area contributed by atoms with Crippen LogP contribution in [-0.4, -0.2) is 41.6 Å². The van der Waals surface area contributed by atoms with E-state index in [2.05, 4.69) is 10.3 Å². The molecule has 1 N–H and O–H groups in total. The summed E-state index contributed by atoms with van der Waals surface area (Å²) in [4.78, 5) is 43.3. The van der Waals surface area contributed by atoms with E-state index in [1.165, 1.54) is 10.9 Å². The van der Waals surface area contributed by atoms with E-state index in [4.69, 9.17) is 4.74 Å². The van der Waals surface area contributed by atoms with Gasteiger partial charge in [0.05, 0.1) is 30.3 Å². The number of benzene rings is 2. The van der Waals surface area contributed by atoms with Crippen molar-refractivity contribution in [1.82, 2.24) is 14.9 Å². The van der Waals surface area contributed by atoms with Gasteiger partial charge in [-0.05, 0) is 24.3 Å². The van der Waals surface area contributed by atoms with Gasteiger partial charge in [-0.1, -0.05) is 18.2 Å². The van der Waals surface area contributed by atoms with Gasteiger partial charge in [0.25, 0.3) is 5.56 Å². The Morgan fingerprint density at radius 3 is 2.87 bits per heavy atom. The number of methoxy groups -OCH3 is 1. The molecule has 0 spiro atoms. The molecule has 0 aliphatic carbocycles. The zero-order chi connectivity index (χ0) is 21.1. The number of aromatic nitrogens is 2. The fraction of sp³-hybridized carbons (Fsp3) is 0.273. The summed E-state index contributed by atoms with van der Waals surface area (Å²) in [5.74, 6) is -0.0771. The van der Waals surface area contributed by atoms with E-state index >= 15 is 0 Å². The van der Waals surface area contributed by atoms with Crippen LogP contribution in [0.2, 0.25) is 0 Å². The molecule has 1 atom stereocenters. The highest BCUT2D eigenvalue weighted by molar-refractivity contribution is 6.00. The smallest absolute Gasteiger partial charge is 0.261 e. The van der Waals surface area contributed by atoms with Gasteiger partial charge < -0.3 is 15.0 Å². The number of nitrogens with one attached hydrogen (secondary N) is 1. The van der Waals surface area contributed by atoms with Crippen LogP contribution in [0.15, 0.2) is 59.7 Å². The number of carbonyl (C=O) groups excluding carboxylic acids is 2. The quantitative estimate of drug-likeness (QED) is 0.671. The van der Waals surface area contributed by atoms with Crippen LogP contribution >= 0.6 is 0 Å². The van der Waals surface area contributed by atoms with Crippen molar-refractivity contribution in [2.75, 3.05) is 25.1 Å². The van der Waals surface area contributed by atoms with Gasteiger partial charge in [-0.15, -0.1) is 0 Å². The van der Waals surface area contributed by atoms with Crippen molar-refractivity contribution in [2.24, 2.45) is 5.92 Å². The second-order valence-electron chi connectivity index (χ2n) is 7.16. The minimum atomic E-state index is -0.435. The molecule has 8 heteroatoms. The average molecular weight is 406 g/mol. The van der Waals surface area contributed by atoms with E-state index in [-0.39, 0.29) is 30.3 Å².